The van der Waals surface area contributed by atoms with E-state index in [-0.39, 0.29) is 11.7 Å². The molecule has 0 fully saturated rings. The Balaban J connectivity index is 1.77. The van der Waals surface area contributed by atoms with E-state index in [1.54, 1.807) is 23.2 Å². The predicted octanol–water partition coefficient (Wildman–Crippen LogP) is 4.36. The van der Waals surface area contributed by atoms with Gasteiger partial charge >= 0.3 is 0 Å². The zero-order valence-electron chi connectivity index (χ0n) is 15.1. The van der Waals surface area contributed by atoms with Gasteiger partial charge in [0.2, 0.25) is 0 Å². The zero-order chi connectivity index (χ0) is 19.0. The molecule has 1 atom stereocenters. The lowest BCUT2D eigenvalue weighted by Crippen LogP contribution is -2.33. The fraction of sp³-hybridized carbons (Fsp3) is 0.136. The Morgan fingerprint density at radius 1 is 1.07 bits per heavy atom. The maximum atomic E-state index is 13.0. The van der Waals surface area contributed by atoms with Crippen molar-refractivity contribution in [3.63, 3.8) is 0 Å². The summed E-state index contributed by atoms with van der Waals surface area (Å²) >= 11 is 0. The van der Waals surface area contributed by atoms with Gasteiger partial charge in [-0.25, -0.2) is 4.98 Å². The van der Waals surface area contributed by atoms with Gasteiger partial charge < -0.3 is 5.32 Å². The molecule has 0 bridgehead atoms. The minimum absolute atomic E-state index is 0.00129. The maximum Gasteiger partial charge on any atom is 0.261 e. The lowest BCUT2D eigenvalue weighted by molar-refractivity contribution is 0.0989. The van der Waals surface area contributed by atoms with Crippen LogP contribution in [0.15, 0.2) is 66.9 Å². The van der Waals surface area contributed by atoms with Crippen LogP contribution in [0.25, 0.3) is 0 Å². The van der Waals surface area contributed by atoms with Gasteiger partial charge in [-0.1, -0.05) is 36.4 Å². The van der Waals surface area contributed by atoms with Gasteiger partial charge in [0.15, 0.2) is 5.78 Å². The zero-order valence-corrected chi connectivity index (χ0v) is 15.1. The number of nitrogens with one attached hydrogen (secondary N) is 1. The summed E-state index contributed by atoms with van der Waals surface area (Å²) in [7, 11) is 0. The molecule has 134 valence electrons. The van der Waals surface area contributed by atoms with Gasteiger partial charge in [-0.15, -0.1) is 0 Å². The van der Waals surface area contributed by atoms with Gasteiger partial charge in [0.05, 0.1) is 0 Å². The minimum Gasteiger partial charge on any atom is -0.361 e. The average molecular weight is 357 g/mol. The summed E-state index contributed by atoms with van der Waals surface area (Å²) in [5, 5.41) is 3.40. The summed E-state index contributed by atoms with van der Waals surface area (Å²) in [6.07, 6.45) is 1.35. The first-order valence-corrected chi connectivity index (χ1v) is 8.77. The Hall–Kier alpha value is -3.47. The standard InChI is InChI=1S/C22H19N3O2/c1-14-10-11-20(23-13-14)25-21(18-8-3-4-9-19(18)22(25)27)24-17-7-5-6-16(12-17)15(2)26/h3-13,21,24H,1-2H3. The van der Waals surface area contributed by atoms with Gasteiger partial charge in [0, 0.05) is 28.6 Å². The van der Waals surface area contributed by atoms with Crippen LogP contribution in [0.4, 0.5) is 11.5 Å². The fourth-order valence-electron chi connectivity index (χ4n) is 3.28. The van der Waals surface area contributed by atoms with Gasteiger partial charge in [0.1, 0.15) is 12.0 Å². The third-order valence-electron chi connectivity index (χ3n) is 4.68. The number of carbonyl (C=O) groups is 2. The van der Waals surface area contributed by atoms with Crippen LogP contribution >= 0.6 is 0 Å². The van der Waals surface area contributed by atoms with Gasteiger partial charge in [-0.05, 0) is 43.7 Å². The molecule has 3 aromatic rings. The SMILES string of the molecule is CC(=O)c1cccc(NC2c3ccccc3C(=O)N2c2ccc(C)cn2)c1. The maximum absolute atomic E-state index is 13.0. The van der Waals surface area contributed by atoms with Crippen LogP contribution in [0.1, 0.15) is 44.9 Å². The van der Waals surface area contributed by atoms with E-state index in [1.165, 1.54) is 6.92 Å². The van der Waals surface area contributed by atoms with E-state index in [1.807, 2.05) is 55.5 Å². The number of aryl methyl sites for hydroxylation is 1. The smallest absolute Gasteiger partial charge is 0.261 e. The number of nitrogens with zero attached hydrogens (tertiary/aromatic N) is 2. The topological polar surface area (TPSA) is 62.3 Å². The van der Waals surface area contributed by atoms with Gasteiger partial charge in [0.25, 0.3) is 5.91 Å². The van der Waals surface area contributed by atoms with Crippen LogP contribution in [0, 0.1) is 6.92 Å². The van der Waals surface area contributed by atoms with Crippen molar-refractivity contribution in [3.8, 4) is 0 Å². The number of rotatable bonds is 4. The van der Waals surface area contributed by atoms with E-state index in [2.05, 4.69) is 10.3 Å². The highest BCUT2D eigenvalue weighted by Gasteiger charge is 2.38. The molecular weight excluding hydrogens is 338 g/mol. The molecule has 1 unspecified atom stereocenters. The molecule has 5 heteroatoms. The summed E-state index contributed by atoms with van der Waals surface area (Å²) in [6.45, 7) is 3.50. The van der Waals surface area contributed by atoms with Crippen LogP contribution < -0.4 is 10.2 Å². The molecule has 1 aliphatic heterocycles. The van der Waals surface area contributed by atoms with Crippen LogP contribution in [-0.2, 0) is 0 Å². The van der Waals surface area contributed by atoms with Crippen molar-refractivity contribution < 1.29 is 9.59 Å². The minimum atomic E-state index is -0.397. The second kappa shape index (κ2) is 6.68. The van der Waals surface area contributed by atoms with Crippen molar-refractivity contribution in [1.29, 1.82) is 0 Å². The molecule has 0 spiro atoms. The Kier molecular flexibility index (Phi) is 4.20. The number of benzene rings is 2. The highest BCUT2D eigenvalue weighted by atomic mass is 16.2. The molecule has 1 amide bonds. The number of amides is 1. The highest BCUT2D eigenvalue weighted by Crippen LogP contribution is 2.37. The Labute approximate surface area is 157 Å². The van der Waals surface area contributed by atoms with Crippen molar-refractivity contribution in [2.45, 2.75) is 20.0 Å². The molecule has 2 aromatic carbocycles. The summed E-state index contributed by atoms with van der Waals surface area (Å²) < 4.78 is 0. The number of hydrogen-bond acceptors (Lipinski definition) is 4. The number of pyridine rings is 1. The Bertz CT molecular complexity index is 1030. The second-order valence-electron chi connectivity index (χ2n) is 6.64. The molecule has 2 heterocycles. The quantitative estimate of drug-likeness (QED) is 0.705. The van der Waals surface area contributed by atoms with Gasteiger partial charge in [-0.2, -0.15) is 0 Å². The van der Waals surface area contributed by atoms with Crippen LogP contribution in [0.2, 0.25) is 0 Å². The number of anilines is 2. The van der Waals surface area contributed by atoms with Gasteiger partial charge in [-0.3, -0.25) is 14.5 Å². The first-order valence-electron chi connectivity index (χ1n) is 8.77. The van der Waals surface area contributed by atoms with E-state index in [0.29, 0.717) is 16.9 Å². The summed E-state index contributed by atoms with van der Waals surface area (Å²) in [5.74, 6) is 0.489. The summed E-state index contributed by atoms with van der Waals surface area (Å²) in [6, 6.07) is 18.6. The van der Waals surface area contributed by atoms with Crippen molar-refractivity contribution >= 4 is 23.2 Å². The molecule has 5 nitrogen and oxygen atoms in total. The first kappa shape index (κ1) is 17.0. The van der Waals surface area contributed by atoms with Crippen molar-refractivity contribution in [3.05, 3.63) is 89.1 Å². The van der Waals surface area contributed by atoms with Crippen LogP contribution in [0.5, 0.6) is 0 Å². The lowest BCUT2D eigenvalue weighted by Gasteiger charge is -2.26. The van der Waals surface area contributed by atoms with Crippen LogP contribution in [0.3, 0.4) is 0 Å². The van der Waals surface area contributed by atoms with Crippen molar-refractivity contribution in [2.75, 3.05) is 10.2 Å². The third kappa shape index (κ3) is 3.08. The van der Waals surface area contributed by atoms with E-state index >= 15 is 0 Å². The number of Topliss-reactive ketones (excluding diaryl/α,β-unsaturated/α-hetero) is 1. The fourth-order valence-corrected chi connectivity index (χ4v) is 3.28. The summed E-state index contributed by atoms with van der Waals surface area (Å²) in [5.41, 5.74) is 3.96. The highest BCUT2D eigenvalue weighted by molar-refractivity contribution is 6.11. The summed E-state index contributed by atoms with van der Waals surface area (Å²) in [4.78, 5) is 30.9. The van der Waals surface area contributed by atoms with E-state index in [4.69, 9.17) is 0 Å². The number of aromatic nitrogens is 1. The lowest BCUT2D eigenvalue weighted by atomic mass is 10.1. The van der Waals surface area contributed by atoms with E-state index in [0.717, 1.165) is 16.8 Å². The van der Waals surface area contributed by atoms with E-state index in [9.17, 15) is 9.59 Å². The predicted molar refractivity (Wildman–Crippen MR) is 105 cm³/mol. The average Bonchev–Trinajstić information content (AvgIpc) is 2.95. The van der Waals surface area contributed by atoms with Crippen molar-refractivity contribution in [1.82, 2.24) is 4.98 Å². The second-order valence-corrected chi connectivity index (χ2v) is 6.64. The molecule has 0 saturated carbocycles. The molecule has 4 rings (SSSR count). The first-order chi connectivity index (χ1) is 13.0. The molecule has 27 heavy (non-hydrogen) atoms. The number of hydrogen-bond donors (Lipinski definition) is 1. The van der Waals surface area contributed by atoms with Crippen molar-refractivity contribution in [2.24, 2.45) is 0 Å². The largest absolute Gasteiger partial charge is 0.361 e. The Morgan fingerprint density at radius 3 is 2.63 bits per heavy atom. The number of ketones is 1. The molecule has 1 aromatic heterocycles. The normalized spacial score (nSPS) is 15.6. The monoisotopic (exact) mass is 357 g/mol. The number of fused-ring (bicyclic) bond motifs is 1. The molecule has 0 aliphatic carbocycles. The third-order valence-corrected chi connectivity index (χ3v) is 4.68. The molecule has 1 aliphatic rings. The van der Waals surface area contributed by atoms with E-state index < -0.39 is 6.17 Å². The molecule has 0 radical (unpaired) electrons. The molecule has 1 N–H and O–H groups in total. The van der Waals surface area contributed by atoms with Crippen LogP contribution in [-0.4, -0.2) is 16.7 Å². The molecule has 0 saturated heterocycles. The number of carbonyl (C=O) groups excluding carboxylic acids is 2. The molecular formula is C22H19N3O2. The Morgan fingerprint density at radius 2 is 1.89 bits per heavy atom.